The summed E-state index contributed by atoms with van der Waals surface area (Å²) in [4.78, 5) is 11.7. The molecule has 0 aromatic carbocycles. The van der Waals surface area contributed by atoms with Crippen molar-refractivity contribution in [2.24, 2.45) is 5.41 Å². The van der Waals surface area contributed by atoms with Crippen LogP contribution in [0.3, 0.4) is 0 Å². The lowest BCUT2D eigenvalue weighted by atomic mass is 9.92. The maximum Gasteiger partial charge on any atom is 0.220 e. The van der Waals surface area contributed by atoms with E-state index in [1.165, 1.54) is 19.3 Å². The van der Waals surface area contributed by atoms with Crippen LogP contribution in [0.25, 0.3) is 0 Å². The number of sulfone groups is 1. The minimum Gasteiger partial charge on any atom is -0.356 e. The molecule has 0 atom stereocenters. The quantitative estimate of drug-likeness (QED) is 0.492. The highest BCUT2D eigenvalue weighted by Gasteiger charge is 2.15. The number of carbonyl (C=O) groups is 1. The normalized spacial score (nSPS) is 12.6. The molecular weight excluding hydrogens is 322 g/mol. The summed E-state index contributed by atoms with van der Waals surface area (Å²) in [5.74, 6) is 0.484. The van der Waals surface area contributed by atoms with Crippen LogP contribution in [0.15, 0.2) is 0 Å². The van der Waals surface area contributed by atoms with Gasteiger partial charge in [-0.3, -0.25) is 4.79 Å². The van der Waals surface area contributed by atoms with E-state index in [9.17, 15) is 13.2 Å². The van der Waals surface area contributed by atoms with Crippen molar-refractivity contribution in [1.82, 2.24) is 5.32 Å². The van der Waals surface area contributed by atoms with Crippen LogP contribution in [0.1, 0.15) is 92.4 Å². The fourth-order valence-corrected chi connectivity index (χ4v) is 3.57. The van der Waals surface area contributed by atoms with Crippen LogP contribution in [-0.2, 0) is 14.6 Å². The van der Waals surface area contributed by atoms with Crippen molar-refractivity contribution in [2.45, 2.75) is 97.7 Å². The van der Waals surface area contributed by atoms with E-state index in [1.807, 2.05) is 0 Å². The average molecular weight is 362 g/mol. The van der Waals surface area contributed by atoms with Gasteiger partial charge in [0, 0.05) is 13.0 Å². The Balaban J connectivity index is 3.39. The fourth-order valence-electron chi connectivity index (χ4n) is 2.50. The molecule has 0 unspecified atom stereocenters. The Hall–Kier alpha value is -0.580. The monoisotopic (exact) mass is 361 g/mol. The van der Waals surface area contributed by atoms with Crippen molar-refractivity contribution in [3.05, 3.63) is 0 Å². The number of hydrogen-bond donors (Lipinski definition) is 1. The summed E-state index contributed by atoms with van der Waals surface area (Å²) in [6.07, 6.45) is 9.27. The largest absolute Gasteiger partial charge is 0.356 e. The molecule has 0 saturated heterocycles. The first-order chi connectivity index (χ1) is 11.0. The summed E-state index contributed by atoms with van der Waals surface area (Å²) in [6, 6.07) is 0. The highest BCUT2D eigenvalue weighted by Crippen LogP contribution is 2.17. The van der Waals surface area contributed by atoms with Crippen molar-refractivity contribution in [3.63, 3.8) is 0 Å². The third-order valence-electron chi connectivity index (χ3n) is 4.09. The zero-order valence-corrected chi connectivity index (χ0v) is 17.3. The molecule has 0 bridgehead atoms. The lowest BCUT2D eigenvalue weighted by Gasteiger charge is -2.17. The number of carbonyl (C=O) groups excluding carboxylic acids is 1. The molecule has 0 aromatic rings. The van der Waals surface area contributed by atoms with Crippen LogP contribution in [0.5, 0.6) is 0 Å². The zero-order valence-electron chi connectivity index (χ0n) is 16.5. The zero-order chi connectivity index (χ0) is 18.6. The maximum atomic E-state index is 11.7. The van der Waals surface area contributed by atoms with Crippen molar-refractivity contribution < 1.29 is 13.2 Å². The molecular formula is C19H39NO3S. The first-order valence-corrected chi connectivity index (χ1v) is 11.2. The second-order valence-electron chi connectivity index (χ2n) is 8.33. The molecule has 4 nitrogen and oxygen atoms in total. The van der Waals surface area contributed by atoms with E-state index < -0.39 is 9.84 Å². The van der Waals surface area contributed by atoms with Crippen LogP contribution in [0.4, 0.5) is 0 Å². The predicted octanol–water partition coefficient (Wildman–Crippen LogP) is 4.48. The summed E-state index contributed by atoms with van der Waals surface area (Å²) in [7, 11) is -2.86. The second kappa shape index (κ2) is 11.9. The summed E-state index contributed by atoms with van der Waals surface area (Å²) < 4.78 is 23.3. The van der Waals surface area contributed by atoms with Gasteiger partial charge in [0.2, 0.25) is 5.91 Å². The molecule has 0 fully saturated rings. The summed E-state index contributed by atoms with van der Waals surface area (Å²) in [5.41, 5.74) is 0.0542. The van der Waals surface area contributed by atoms with E-state index in [1.54, 1.807) is 13.8 Å². The van der Waals surface area contributed by atoms with E-state index >= 15 is 0 Å². The highest BCUT2D eigenvalue weighted by atomic mass is 32.2. The van der Waals surface area contributed by atoms with E-state index in [0.29, 0.717) is 12.2 Å². The van der Waals surface area contributed by atoms with E-state index in [2.05, 4.69) is 26.1 Å². The van der Waals surface area contributed by atoms with Crippen molar-refractivity contribution in [1.29, 1.82) is 0 Å². The molecule has 0 aromatic heterocycles. The Morgan fingerprint density at radius 2 is 1.33 bits per heavy atom. The van der Waals surface area contributed by atoms with Crippen LogP contribution in [0, 0.1) is 5.41 Å². The summed E-state index contributed by atoms with van der Waals surface area (Å²) in [6.45, 7) is 10.5. The first kappa shape index (κ1) is 23.4. The lowest BCUT2D eigenvalue weighted by molar-refractivity contribution is -0.122. The first-order valence-electron chi connectivity index (χ1n) is 9.53. The lowest BCUT2D eigenvalue weighted by Crippen LogP contribution is -2.28. The smallest absolute Gasteiger partial charge is 0.220 e. The number of rotatable bonds is 13. The Labute approximate surface area is 150 Å². The Kier molecular flexibility index (Phi) is 11.6. The third-order valence-corrected chi connectivity index (χ3v) is 6.38. The molecule has 0 radical (unpaired) electrons. The highest BCUT2D eigenvalue weighted by molar-refractivity contribution is 7.91. The Bertz CT molecular complexity index is 436. The number of hydrogen-bond acceptors (Lipinski definition) is 3. The van der Waals surface area contributed by atoms with Gasteiger partial charge in [-0.15, -0.1) is 0 Å². The van der Waals surface area contributed by atoms with Gasteiger partial charge in [0.15, 0.2) is 9.84 Å². The third kappa shape index (κ3) is 13.8. The van der Waals surface area contributed by atoms with Gasteiger partial charge < -0.3 is 5.32 Å². The van der Waals surface area contributed by atoms with Gasteiger partial charge in [0.05, 0.1) is 11.0 Å². The fraction of sp³-hybridized carbons (Fsp3) is 0.947. The molecule has 1 amide bonds. The molecule has 0 aliphatic heterocycles. The van der Waals surface area contributed by atoms with Gasteiger partial charge in [-0.05, 0) is 32.1 Å². The minimum atomic E-state index is -2.86. The Morgan fingerprint density at radius 1 is 0.875 bits per heavy atom. The van der Waals surface area contributed by atoms with Crippen LogP contribution < -0.4 is 5.32 Å². The standard InChI is InChI=1S/C19H39NO3S/c1-17(2)24(22,23)15-13-11-9-7-6-8-10-12-14-20-18(21)16-19(3,4)5/h17H,6-16H2,1-5H3,(H,20,21). The van der Waals surface area contributed by atoms with E-state index in [4.69, 9.17) is 0 Å². The molecule has 0 aliphatic carbocycles. The van der Waals surface area contributed by atoms with E-state index in [0.717, 1.165) is 38.6 Å². The number of unbranched alkanes of at least 4 members (excludes halogenated alkanes) is 7. The van der Waals surface area contributed by atoms with Crippen molar-refractivity contribution in [2.75, 3.05) is 12.3 Å². The second-order valence-corrected chi connectivity index (χ2v) is 11.0. The molecule has 24 heavy (non-hydrogen) atoms. The van der Waals surface area contributed by atoms with Crippen molar-refractivity contribution in [3.8, 4) is 0 Å². The van der Waals surface area contributed by atoms with Gasteiger partial charge in [-0.25, -0.2) is 8.42 Å². The molecule has 0 saturated carbocycles. The van der Waals surface area contributed by atoms with Gasteiger partial charge in [0.1, 0.15) is 0 Å². The SMILES string of the molecule is CC(C)S(=O)(=O)CCCCCCCCCCNC(=O)CC(C)(C)C. The molecule has 0 spiro atoms. The summed E-state index contributed by atoms with van der Waals surface area (Å²) >= 11 is 0. The summed E-state index contributed by atoms with van der Waals surface area (Å²) in [5, 5.41) is 2.74. The number of nitrogens with one attached hydrogen (secondary N) is 1. The van der Waals surface area contributed by atoms with Gasteiger partial charge in [0.25, 0.3) is 0 Å². The molecule has 5 heteroatoms. The van der Waals surface area contributed by atoms with Crippen LogP contribution in [0.2, 0.25) is 0 Å². The van der Waals surface area contributed by atoms with Crippen molar-refractivity contribution >= 4 is 15.7 Å². The van der Waals surface area contributed by atoms with Gasteiger partial charge in [-0.1, -0.05) is 59.3 Å². The van der Waals surface area contributed by atoms with Gasteiger partial charge >= 0.3 is 0 Å². The number of amides is 1. The molecule has 0 aliphatic rings. The Morgan fingerprint density at radius 3 is 1.79 bits per heavy atom. The van der Waals surface area contributed by atoms with E-state index in [-0.39, 0.29) is 16.6 Å². The van der Waals surface area contributed by atoms with Crippen LogP contribution in [-0.4, -0.2) is 31.9 Å². The minimum absolute atomic E-state index is 0.0542. The van der Waals surface area contributed by atoms with Gasteiger partial charge in [-0.2, -0.15) is 0 Å². The van der Waals surface area contributed by atoms with Crippen LogP contribution >= 0.6 is 0 Å². The molecule has 1 N–H and O–H groups in total. The topological polar surface area (TPSA) is 63.2 Å². The molecule has 144 valence electrons. The molecule has 0 heterocycles. The predicted molar refractivity (Wildman–Crippen MR) is 103 cm³/mol. The molecule has 0 rings (SSSR count). The average Bonchev–Trinajstić information content (AvgIpc) is 2.42. The maximum absolute atomic E-state index is 11.7.